The van der Waals surface area contributed by atoms with Gasteiger partial charge in [0.25, 0.3) is 0 Å². The molecule has 2 nitrogen and oxygen atoms in total. The zero-order chi connectivity index (χ0) is 16.7. The number of aliphatic carboxylic acids is 1. The first-order valence-electron chi connectivity index (χ1n) is 9.63. The molecule has 0 aromatic heterocycles. The third kappa shape index (κ3) is 2.42. The van der Waals surface area contributed by atoms with Crippen molar-refractivity contribution in [2.75, 3.05) is 0 Å². The molecule has 24 heavy (non-hydrogen) atoms. The monoisotopic (exact) mass is 324 g/mol. The van der Waals surface area contributed by atoms with Crippen LogP contribution in [0.15, 0.2) is 48.6 Å². The second kappa shape index (κ2) is 6.38. The van der Waals surface area contributed by atoms with Gasteiger partial charge in [0, 0.05) is 0 Å². The Balaban J connectivity index is 1.44. The standard InChI is InChI=1S/C22H28O2/c1-2-3-4-5-6-7-8-15-16-11-12-17-18(22(23)24)10-9-14-13-19(15)21(16)20(14)17/h3-6,9-12,14-21H,2,7-8,13H2,1H3,(H,23,24)/b4-3-,6-5+/t14-,15-,16+,17+,18-,19+,20+,21+/m1/s1. The smallest absolute Gasteiger partial charge is 0.310 e. The number of carbonyl (C=O) groups is 1. The van der Waals surface area contributed by atoms with Crippen molar-refractivity contribution in [2.24, 2.45) is 47.3 Å². The van der Waals surface area contributed by atoms with Gasteiger partial charge >= 0.3 is 5.97 Å². The number of carboxylic acid groups (broad SMARTS) is 1. The van der Waals surface area contributed by atoms with Crippen LogP contribution in [-0.2, 0) is 4.79 Å². The predicted molar refractivity (Wildman–Crippen MR) is 96.3 cm³/mol. The molecule has 0 bridgehead atoms. The maximum atomic E-state index is 11.6. The number of hydrogen-bond donors (Lipinski definition) is 1. The van der Waals surface area contributed by atoms with Crippen LogP contribution in [0.2, 0.25) is 0 Å². The van der Waals surface area contributed by atoms with E-state index in [0.29, 0.717) is 17.8 Å². The Morgan fingerprint density at radius 2 is 1.88 bits per heavy atom. The van der Waals surface area contributed by atoms with E-state index in [1.54, 1.807) is 0 Å². The molecule has 0 amide bonds. The summed E-state index contributed by atoms with van der Waals surface area (Å²) >= 11 is 0. The van der Waals surface area contributed by atoms with Crippen LogP contribution in [-0.4, -0.2) is 11.1 Å². The van der Waals surface area contributed by atoms with E-state index in [2.05, 4.69) is 49.5 Å². The largest absolute Gasteiger partial charge is 0.481 e. The van der Waals surface area contributed by atoms with Crippen molar-refractivity contribution < 1.29 is 9.90 Å². The van der Waals surface area contributed by atoms with Crippen LogP contribution in [0.25, 0.3) is 0 Å². The molecule has 2 fully saturated rings. The normalized spacial score (nSPS) is 44.9. The molecule has 4 aliphatic carbocycles. The van der Waals surface area contributed by atoms with Gasteiger partial charge < -0.3 is 5.11 Å². The van der Waals surface area contributed by atoms with Gasteiger partial charge in [-0.05, 0) is 67.1 Å². The quantitative estimate of drug-likeness (QED) is 0.559. The molecule has 0 saturated heterocycles. The SMILES string of the molecule is CC/C=C\C=C\CC[C@@H]1[C@@H]2C=C[C@@H]3[C@H]4[C@@H]2[C@H]1C[C@H]4C=C[C@H]3C(=O)O. The Kier molecular flexibility index (Phi) is 4.24. The van der Waals surface area contributed by atoms with Crippen LogP contribution >= 0.6 is 0 Å². The van der Waals surface area contributed by atoms with Crippen LogP contribution in [0.1, 0.15) is 32.6 Å². The first-order valence-corrected chi connectivity index (χ1v) is 9.63. The van der Waals surface area contributed by atoms with E-state index in [4.69, 9.17) is 0 Å². The molecule has 0 heterocycles. The molecule has 4 aliphatic rings. The summed E-state index contributed by atoms with van der Waals surface area (Å²) in [7, 11) is 0. The fourth-order valence-electron chi connectivity index (χ4n) is 6.11. The van der Waals surface area contributed by atoms with Crippen molar-refractivity contribution in [3.8, 4) is 0 Å². The molecule has 0 unspecified atom stereocenters. The fourth-order valence-corrected chi connectivity index (χ4v) is 6.11. The summed E-state index contributed by atoms with van der Waals surface area (Å²) in [5, 5.41) is 9.51. The Morgan fingerprint density at radius 3 is 2.67 bits per heavy atom. The minimum absolute atomic E-state index is 0.240. The molecule has 2 heteroatoms. The van der Waals surface area contributed by atoms with Crippen LogP contribution in [0.4, 0.5) is 0 Å². The molecule has 0 aromatic carbocycles. The lowest BCUT2D eigenvalue weighted by atomic mass is 9.50. The molecular formula is C22H28O2. The average molecular weight is 324 g/mol. The number of carboxylic acids is 1. The maximum Gasteiger partial charge on any atom is 0.310 e. The van der Waals surface area contributed by atoms with E-state index in [1.165, 1.54) is 19.3 Å². The lowest BCUT2D eigenvalue weighted by Gasteiger charge is -2.54. The number of rotatable bonds is 6. The third-order valence-electron chi connectivity index (χ3n) is 7.02. The summed E-state index contributed by atoms with van der Waals surface area (Å²) in [5.74, 6) is 3.62. The Labute approximate surface area is 145 Å². The van der Waals surface area contributed by atoms with E-state index in [9.17, 15) is 9.90 Å². The van der Waals surface area contributed by atoms with Crippen LogP contribution in [0.3, 0.4) is 0 Å². The Morgan fingerprint density at radius 1 is 1.08 bits per heavy atom. The van der Waals surface area contributed by atoms with Crippen molar-refractivity contribution in [3.05, 3.63) is 48.6 Å². The van der Waals surface area contributed by atoms with E-state index in [0.717, 1.165) is 24.2 Å². The van der Waals surface area contributed by atoms with Crippen LogP contribution in [0, 0.1) is 47.3 Å². The molecular weight excluding hydrogens is 296 g/mol. The minimum Gasteiger partial charge on any atom is -0.481 e. The molecule has 1 N–H and O–H groups in total. The van der Waals surface area contributed by atoms with Crippen molar-refractivity contribution in [1.29, 1.82) is 0 Å². The summed E-state index contributed by atoms with van der Waals surface area (Å²) in [6.45, 7) is 2.16. The van der Waals surface area contributed by atoms with Crippen molar-refractivity contribution >= 4 is 5.97 Å². The lowest BCUT2D eigenvalue weighted by Crippen LogP contribution is -2.50. The highest BCUT2D eigenvalue weighted by Gasteiger charge is 2.62. The van der Waals surface area contributed by atoms with Gasteiger partial charge in [0.2, 0.25) is 0 Å². The molecule has 0 aromatic rings. The summed E-state index contributed by atoms with van der Waals surface area (Å²) in [6, 6.07) is 0. The highest BCUT2D eigenvalue weighted by molar-refractivity contribution is 5.73. The zero-order valence-electron chi connectivity index (χ0n) is 14.4. The second-order valence-corrected chi connectivity index (χ2v) is 8.01. The van der Waals surface area contributed by atoms with E-state index in [-0.39, 0.29) is 11.8 Å². The number of allylic oxidation sites excluding steroid dienone is 7. The van der Waals surface area contributed by atoms with Gasteiger partial charge in [-0.3, -0.25) is 4.79 Å². The van der Waals surface area contributed by atoms with Gasteiger partial charge in [-0.1, -0.05) is 55.5 Å². The molecule has 4 rings (SSSR count). The molecule has 0 aliphatic heterocycles. The van der Waals surface area contributed by atoms with Gasteiger partial charge in [0.15, 0.2) is 0 Å². The molecule has 0 spiro atoms. The number of hydrogen-bond acceptors (Lipinski definition) is 1. The van der Waals surface area contributed by atoms with Gasteiger partial charge in [-0.25, -0.2) is 0 Å². The van der Waals surface area contributed by atoms with Gasteiger partial charge in [-0.2, -0.15) is 0 Å². The van der Waals surface area contributed by atoms with Gasteiger partial charge in [-0.15, -0.1) is 0 Å². The Bertz CT molecular complexity index is 611. The molecule has 128 valence electrons. The van der Waals surface area contributed by atoms with Crippen molar-refractivity contribution in [3.63, 3.8) is 0 Å². The summed E-state index contributed by atoms with van der Waals surface area (Å²) < 4.78 is 0. The second-order valence-electron chi connectivity index (χ2n) is 8.01. The van der Waals surface area contributed by atoms with E-state index < -0.39 is 5.97 Å². The van der Waals surface area contributed by atoms with Gasteiger partial charge in [0.05, 0.1) is 5.92 Å². The van der Waals surface area contributed by atoms with E-state index in [1.807, 2.05) is 6.08 Å². The maximum absolute atomic E-state index is 11.6. The van der Waals surface area contributed by atoms with Crippen LogP contribution < -0.4 is 0 Å². The average Bonchev–Trinajstić information content (AvgIpc) is 2.91. The predicted octanol–water partition coefficient (Wildman–Crippen LogP) is 4.86. The fraction of sp³-hybridized carbons (Fsp3) is 0.591. The molecule has 0 radical (unpaired) electrons. The van der Waals surface area contributed by atoms with Crippen molar-refractivity contribution in [2.45, 2.75) is 32.6 Å². The first kappa shape index (κ1) is 15.9. The summed E-state index contributed by atoms with van der Waals surface area (Å²) in [4.78, 5) is 11.6. The molecule has 2 saturated carbocycles. The third-order valence-corrected chi connectivity index (χ3v) is 7.02. The van der Waals surface area contributed by atoms with Crippen LogP contribution in [0.5, 0.6) is 0 Å². The van der Waals surface area contributed by atoms with Crippen molar-refractivity contribution in [1.82, 2.24) is 0 Å². The topological polar surface area (TPSA) is 37.3 Å². The first-order chi connectivity index (χ1) is 11.7. The molecule has 8 atom stereocenters. The highest BCUT2D eigenvalue weighted by Crippen LogP contribution is 2.67. The zero-order valence-corrected chi connectivity index (χ0v) is 14.4. The Hall–Kier alpha value is -1.57. The lowest BCUT2D eigenvalue weighted by molar-refractivity contribution is -0.143. The highest BCUT2D eigenvalue weighted by atomic mass is 16.4. The van der Waals surface area contributed by atoms with Gasteiger partial charge in [0.1, 0.15) is 0 Å². The van der Waals surface area contributed by atoms with E-state index >= 15 is 0 Å². The summed E-state index contributed by atoms with van der Waals surface area (Å²) in [6.07, 6.45) is 22.5. The minimum atomic E-state index is -0.651. The summed E-state index contributed by atoms with van der Waals surface area (Å²) in [5.41, 5.74) is 0.